The standard InChI is InChI=1S/C12H17F3N4O/c1-11(2)7-19(5-4-9(11)12(13,14)15)10(20)8-6-18(3)17-16-8/h6,9H,4-5,7H2,1-3H3. The zero-order valence-electron chi connectivity index (χ0n) is 11.6. The van der Waals surface area contributed by atoms with Crippen LogP contribution in [-0.4, -0.2) is 45.1 Å². The highest BCUT2D eigenvalue weighted by atomic mass is 19.4. The normalized spacial score (nSPS) is 22.9. The highest BCUT2D eigenvalue weighted by Crippen LogP contribution is 2.45. The Labute approximate surface area is 114 Å². The molecule has 112 valence electrons. The van der Waals surface area contributed by atoms with E-state index in [0.717, 1.165) is 0 Å². The van der Waals surface area contributed by atoms with Gasteiger partial charge < -0.3 is 4.90 Å². The Hall–Kier alpha value is -1.60. The van der Waals surface area contributed by atoms with Gasteiger partial charge >= 0.3 is 6.18 Å². The molecular formula is C12H17F3N4O. The third-order valence-corrected chi connectivity index (χ3v) is 3.73. The van der Waals surface area contributed by atoms with E-state index in [1.165, 1.54) is 15.8 Å². The molecule has 2 heterocycles. The molecule has 1 unspecified atom stereocenters. The van der Waals surface area contributed by atoms with E-state index >= 15 is 0 Å². The average molecular weight is 290 g/mol. The Kier molecular flexibility index (Phi) is 3.51. The predicted octanol–water partition coefficient (Wildman–Crippen LogP) is 1.87. The van der Waals surface area contributed by atoms with E-state index in [9.17, 15) is 18.0 Å². The lowest BCUT2D eigenvalue weighted by molar-refractivity contribution is -0.214. The molecule has 0 aliphatic carbocycles. The second kappa shape index (κ2) is 4.75. The van der Waals surface area contributed by atoms with Crippen molar-refractivity contribution in [2.24, 2.45) is 18.4 Å². The molecule has 1 aromatic rings. The van der Waals surface area contributed by atoms with Gasteiger partial charge in [0.15, 0.2) is 5.69 Å². The summed E-state index contributed by atoms with van der Waals surface area (Å²) >= 11 is 0. The first-order valence-corrected chi connectivity index (χ1v) is 6.33. The summed E-state index contributed by atoms with van der Waals surface area (Å²) in [6.45, 7) is 3.23. The minimum atomic E-state index is -4.23. The smallest absolute Gasteiger partial charge is 0.337 e. The molecule has 1 amide bonds. The van der Waals surface area contributed by atoms with E-state index in [0.29, 0.717) is 0 Å². The van der Waals surface area contributed by atoms with Crippen molar-refractivity contribution in [1.29, 1.82) is 0 Å². The number of aryl methyl sites for hydroxylation is 1. The summed E-state index contributed by atoms with van der Waals surface area (Å²) in [5.41, 5.74) is -0.845. The van der Waals surface area contributed by atoms with Crippen LogP contribution in [0.3, 0.4) is 0 Å². The molecule has 1 atom stereocenters. The van der Waals surface area contributed by atoms with Crippen LogP contribution in [0.4, 0.5) is 13.2 Å². The molecule has 1 aliphatic rings. The Bertz CT molecular complexity index is 509. The number of likely N-dealkylation sites (tertiary alicyclic amines) is 1. The van der Waals surface area contributed by atoms with Crippen LogP contribution in [0.2, 0.25) is 0 Å². The number of alkyl halides is 3. The molecule has 5 nitrogen and oxygen atoms in total. The third kappa shape index (κ3) is 2.78. The van der Waals surface area contributed by atoms with Crippen molar-refractivity contribution in [3.8, 4) is 0 Å². The van der Waals surface area contributed by atoms with Crippen molar-refractivity contribution >= 4 is 5.91 Å². The lowest BCUT2D eigenvalue weighted by atomic mass is 9.73. The van der Waals surface area contributed by atoms with Gasteiger partial charge in [0.05, 0.1) is 12.1 Å². The van der Waals surface area contributed by atoms with Crippen molar-refractivity contribution in [2.75, 3.05) is 13.1 Å². The predicted molar refractivity (Wildman–Crippen MR) is 64.8 cm³/mol. The van der Waals surface area contributed by atoms with E-state index in [2.05, 4.69) is 10.3 Å². The van der Waals surface area contributed by atoms with E-state index in [4.69, 9.17) is 0 Å². The quantitative estimate of drug-likeness (QED) is 0.793. The van der Waals surface area contributed by atoms with Crippen LogP contribution in [-0.2, 0) is 7.05 Å². The molecule has 0 N–H and O–H groups in total. The number of piperidine rings is 1. The second-order valence-corrected chi connectivity index (χ2v) is 5.88. The monoisotopic (exact) mass is 290 g/mol. The molecule has 1 aromatic heterocycles. The summed E-state index contributed by atoms with van der Waals surface area (Å²) in [4.78, 5) is 13.6. The third-order valence-electron chi connectivity index (χ3n) is 3.73. The van der Waals surface area contributed by atoms with E-state index in [1.54, 1.807) is 20.9 Å². The lowest BCUT2D eigenvalue weighted by Gasteiger charge is -2.44. The van der Waals surface area contributed by atoms with Gasteiger partial charge in [-0.05, 0) is 11.8 Å². The van der Waals surface area contributed by atoms with Crippen LogP contribution < -0.4 is 0 Å². The number of hydrogen-bond acceptors (Lipinski definition) is 3. The SMILES string of the molecule is Cn1cc(C(=O)N2CCC(C(F)(F)F)C(C)(C)C2)nn1. The summed E-state index contributed by atoms with van der Waals surface area (Å²) < 4.78 is 40.3. The van der Waals surface area contributed by atoms with E-state index < -0.39 is 17.5 Å². The largest absolute Gasteiger partial charge is 0.392 e. The molecule has 0 spiro atoms. The van der Waals surface area contributed by atoms with Crippen molar-refractivity contribution in [2.45, 2.75) is 26.4 Å². The molecule has 1 fully saturated rings. The first-order valence-electron chi connectivity index (χ1n) is 6.33. The van der Waals surface area contributed by atoms with E-state index in [1.807, 2.05) is 0 Å². The van der Waals surface area contributed by atoms with Gasteiger partial charge in [0.1, 0.15) is 0 Å². The fourth-order valence-corrected chi connectivity index (χ4v) is 2.74. The van der Waals surface area contributed by atoms with Crippen molar-refractivity contribution in [3.05, 3.63) is 11.9 Å². The zero-order valence-corrected chi connectivity index (χ0v) is 11.6. The van der Waals surface area contributed by atoms with Crippen LogP contribution in [0.25, 0.3) is 0 Å². The van der Waals surface area contributed by atoms with Gasteiger partial charge in [-0.25, -0.2) is 0 Å². The number of nitrogens with zero attached hydrogens (tertiary/aromatic N) is 4. The fraction of sp³-hybridized carbons (Fsp3) is 0.750. The first-order chi connectivity index (χ1) is 9.11. The van der Waals surface area contributed by atoms with Crippen molar-refractivity contribution in [3.63, 3.8) is 0 Å². The topological polar surface area (TPSA) is 51.0 Å². The molecule has 20 heavy (non-hydrogen) atoms. The highest BCUT2D eigenvalue weighted by Gasteiger charge is 2.51. The van der Waals surface area contributed by atoms with E-state index in [-0.39, 0.29) is 31.1 Å². The Morgan fingerprint density at radius 2 is 2.10 bits per heavy atom. The summed E-state index contributed by atoms with van der Waals surface area (Å²) in [6.07, 6.45) is -2.85. The minimum Gasteiger partial charge on any atom is -0.337 e. The van der Waals surface area contributed by atoms with Gasteiger partial charge in [0.2, 0.25) is 0 Å². The van der Waals surface area contributed by atoms with Gasteiger partial charge in [-0.1, -0.05) is 19.1 Å². The van der Waals surface area contributed by atoms with Crippen LogP contribution in [0.15, 0.2) is 6.20 Å². The van der Waals surface area contributed by atoms with Gasteiger partial charge in [-0.2, -0.15) is 13.2 Å². The molecule has 2 rings (SSSR count). The maximum atomic E-state index is 13.0. The highest BCUT2D eigenvalue weighted by molar-refractivity contribution is 5.92. The second-order valence-electron chi connectivity index (χ2n) is 5.88. The maximum Gasteiger partial charge on any atom is 0.392 e. The first kappa shape index (κ1) is 14.8. The zero-order chi connectivity index (χ0) is 15.1. The molecule has 1 saturated heterocycles. The number of carbonyl (C=O) groups is 1. The molecule has 0 aromatic carbocycles. The summed E-state index contributed by atoms with van der Waals surface area (Å²) in [5, 5.41) is 7.37. The van der Waals surface area contributed by atoms with Crippen molar-refractivity contribution < 1.29 is 18.0 Å². The Morgan fingerprint density at radius 1 is 1.45 bits per heavy atom. The molecule has 0 radical (unpaired) electrons. The molecule has 1 aliphatic heterocycles. The van der Waals surface area contributed by atoms with Gasteiger partial charge in [-0.3, -0.25) is 9.48 Å². The maximum absolute atomic E-state index is 13.0. The molecule has 0 saturated carbocycles. The molecular weight excluding hydrogens is 273 g/mol. The van der Waals surface area contributed by atoms with Crippen LogP contribution in [0.1, 0.15) is 30.8 Å². The lowest BCUT2D eigenvalue weighted by Crippen LogP contribution is -2.52. The van der Waals surface area contributed by atoms with Crippen molar-refractivity contribution in [1.82, 2.24) is 19.9 Å². The number of carbonyl (C=O) groups excluding carboxylic acids is 1. The van der Waals surface area contributed by atoms with Gasteiger partial charge in [0.25, 0.3) is 5.91 Å². The number of halogens is 3. The van der Waals surface area contributed by atoms with Crippen LogP contribution >= 0.6 is 0 Å². The fourth-order valence-electron chi connectivity index (χ4n) is 2.74. The minimum absolute atomic E-state index is 0.0621. The summed E-state index contributed by atoms with van der Waals surface area (Å²) in [6, 6.07) is 0. The Balaban J connectivity index is 2.13. The molecule has 0 bridgehead atoms. The van der Waals surface area contributed by atoms with Gasteiger partial charge in [0, 0.05) is 20.1 Å². The molecule has 8 heteroatoms. The number of rotatable bonds is 1. The summed E-state index contributed by atoms with van der Waals surface area (Å²) in [5.74, 6) is -1.76. The number of aromatic nitrogens is 3. The number of amides is 1. The Morgan fingerprint density at radius 3 is 2.55 bits per heavy atom. The van der Waals surface area contributed by atoms with Gasteiger partial charge in [-0.15, -0.1) is 5.10 Å². The van der Waals surface area contributed by atoms with Crippen LogP contribution in [0, 0.1) is 11.3 Å². The number of hydrogen-bond donors (Lipinski definition) is 0. The average Bonchev–Trinajstić information content (AvgIpc) is 2.71. The summed E-state index contributed by atoms with van der Waals surface area (Å²) in [7, 11) is 1.63. The van der Waals surface area contributed by atoms with Crippen LogP contribution in [0.5, 0.6) is 0 Å².